The first-order valence-electron chi connectivity index (χ1n) is 5.68. The van der Waals surface area contributed by atoms with E-state index in [1.165, 1.54) is 12.1 Å². The number of amides is 2. The summed E-state index contributed by atoms with van der Waals surface area (Å²) in [5.74, 6) is -0.0481. The number of ether oxygens (including phenoxy) is 1. The van der Waals surface area contributed by atoms with Gasteiger partial charge in [0.25, 0.3) is 0 Å². The minimum atomic E-state index is -2.92. The lowest BCUT2D eigenvalue weighted by Gasteiger charge is -2.20. The number of hydrogen-bond acceptors (Lipinski definition) is 2. The maximum Gasteiger partial charge on any atom is 0.387 e. The van der Waals surface area contributed by atoms with Crippen molar-refractivity contribution in [2.75, 3.05) is 18.4 Å². The number of carbonyl (C=O) groups excluding carboxylic acids is 1. The van der Waals surface area contributed by atoms with Gasteiger partial charge in [-0.25, -0.2) is 4.79 Å². The zero-order valence-electron chi connectivity index (χ0n) is 10.3. The van der Waals surface area contributed by atoms with Crippen molar-refractivity contribution in [3.63, 3.8) is 0 Å². The molecule has 0 heterocycles. The molecule has 0 atom stereocenters. The predicted octanol–water partition coefficient (Wildman–Crippen LogP) is 3.16. The van der Waals surface area contributed by atoms with Gasteiger partial charge in [0.15, 0.2) is 0 Å². The second-order valence-electron chi connectivity index (χ2n) is 3.48. The van der Waals surface area contributed by atoms with Crippen molar-refractivity contribution in [2.24, 2.45) is 0 Å². The highest BCUT2D eigenvalue weighted by atomic mass is 19.3. The summed E-state index contributed by atoms with van der Waals surface area (Å²) in [4.78, 5) is 13.3. The molecule has 4 nitrogen and oxygen atoms in total. The fraction of sp³-hybridized carbons (Fsp3) is 0.417. The van der Waals surface area contributed by atoms with Crippen LogP contribution in [0, 0.1) is 0 Å². The first-order chi connectivity index (χ1) is 8.58. The lowest BCUT2D eigenvalue weighted by Crippen LogP contribution is -2.34. The van der Waals surface area contributed by atoms with E-state index in [1.54, 1.807) is 17.0 Å². The topological polar surface area (TPSA) is 41.6 Å². The monoisotopic (exact) mass is 258 g/mol. The van der Waals surface area contributed by atoms with Gasteiger partial charge in [-0.05, 0) is 26.0 Å². The van der Waals surface area contributed by atoms with Gasteiger partial charge in [0, 0.05) is 13.1 Å². The zero-order valence-corrected chi connectivity index (χ0v) is 10.3. The lowest BCUT2D eigenvalue weighted by atomic mass is 10.3. The second kappa shape index (κ2) is 6.78. The van der Waals surface area contributed by atoms with E-state index < -0.39 is 6.61 Å². The molecule has 1 rings (SSSR count). The number of benzene rings is 1. The van der Waals surface area contributed by atoms with Crippen LogP contribution in [0.4, 0.5) is 19.3 Å². The van der Waals surface area contributed by atoms with E-state index in [-0.39, 0.29) is 17.5 Å². The summed E-state index contributed by atoms with van der Waals surface area (Å²) in [5.41, 5.74) is 0.231. The Hall–Kier alpha value is -1.85. The molecule has 0 saturated heterocycles. The van der Waals surface area contributed by atoms with Crippen molar-refractivity contribution in [3.05, 3.63) is 24.3 Å². The number of nitrogens with one attached hydrogen (secondary N) is 1. The Bertz CT molecular complexity index is 395. The van der Waals surface area contributed by atoms with Crippen molar-refractivity contribution < 1.29 is 18.3 Å². The Kier molecular flexibility index (Phi) is 5.35. The van der Waals surface area contributed by atoms with Gasteiger partial charge in [-0.3, -0.25) is 0 Å². The van der Waals surface area contributed by atoms with Crippen molar-refractivity contribution in [1.82, 2.24) is 4.90 Å². The number of urea groups is 1. The minimum absolute atomic E-state index is 0.0481. The third-order valence-electron chi connectivity index (χ3n) is 2.40. The summed E-state index contributed by atoms with van der Waals surface area (Å²) in [6, 6.07) is 5.75. The van der Waals surface area contributed by atoms with E-state index >= 15 is 0 Å². The van der Waals surface area contributed by atoms with Crippen molar-refractivity contribution >= 4 is 11.7 Å². The Balaban J connectivity index is 2.80. The molecule has 0 aliphatic carbocycles. The number of rotatable bonds is 5. The maximum atomic E-state index is 12.2. The van der Waals surface area contributed by atoms with E-state index in [4.69, 9.17) is 0 Å². The first kappa shape index (κ1) is 14.2. The number of halogens is 2. The van der Waals surface area contributed by atoms with E-state index in [1.807, 2.05) is 13.8 Å². The van der Waals surface area contributed by atoms with Crippen LogP contribution in [0.15, 0.2) is 24.3 Å². The highest BCUT2D eigenvalue weighted by molar-refractivity contribution is 5.90. The number of nitrogens with zero attached hydrogens (tertiary/aromatic N) is 1. The standard InChI is InChI=1S/C12H16F2N2O2/c1-3-16(4-2)12(17)15-9-7-5-6-8-10(9)18-11(13)14/h5-8,11H,3-4H2,1-2H3,(H,15,17). The predicted molar refractivity (Wildman–Crippen MR) is 65.0 cm³/mol. The quantitative estimate of drug-likeness (QED) is 0.881. The molecule has 1 aromatic carbocycles. The molecule has 0 radical (unpaired) electrons. The molecule has 0 spiro atoms. The lowest BCUT2D eigenvalue weighted by molar-refractivity contribution is -0.0493. The molecule has 1 aromatic rings. The van der Waals surface area contributed by atoms with Gasteiger partial charge in [0.05, 0.1) is 5.69 Å². The summed E-state index contributed by atoms with van der Waals surface area (Å²) < 4.78 is 28.7. The number of para-hydroxylation sites is 2. The molecular formula is C12H16F2N2O2. The fourth-order valence-corrected chi connectivity index (χ4v) is 1.47. The van der Waals surface area contributed by atoms with E-state index in [0.717, 1.165) is 0 Å². The number of alkyl halides is 2. The SMILES string of the molecule is CCN(CC)C(=O)Nc1ccccc1OC(F)F. The van der Waals surface area contributed by atoms with Crippen LogP contribution in [0.25, 0.3) is 0 Å². The van der Waals surface area contributed by atoms with Crippen molar-refractivity contribution in [1.29, 1.82) is 0 Å². The summed E-state index contributed by atoms with van der Waals surface area (Å²) in [6.07, 6.45) is 0. The molecule has 0 saturated carbocycles. The van der Waals surface area contributed by atoms with Crippen LogP contribution >= 0.6 is 0 Å². The summed E-state index contributed by atoms with van der Waals surface area (Å²) in [5, 5.41) is 2.55. The van der Waals surface area contributed by atoms with Crippen LogP contribution in [-0.4, -0.2) is 30.6 Å². The molecule has 18 heavy (non-hydrogen) atoms. The summed E-state index contributed by atoms with van der Waals surface area (Å²) in [7, 11) is 0. The molecule has 0 unspecified atom stereocenters. The molecule has 6 heteroatoms. The maximum absolute atomic E-state index is 12.2. The molecule has 0 aromatic heterocycles. The van der Waals surface area contributed by atoms with Crippen LogP contribution in [-0.2, 0) is 0 Å². The second-order valence-corrected chi connectivity index (χ2v) is 3.48. The molecule has 0 aliphatic rings. The average molecular weight is 258 g/mol. The van der Waals surface area contributed by atoms with Crippen LogP contribution in [0.1, 0.15) is 13.8 Å². The van der Waals surface area contributed by atoms with Crippen molar-refractivity contribution in [2.45, 2.75) is 20.5 Å². The molecular weight excluding hydrogens is 242 g/mol. The first-order valence-corrected chi connectivity index (χ1v) is 5.68. The highest BCUT2D eigenvalue weighted by Crippen LogP contribution is 2.25. The Morgan fingerprint density at radius 1 is 1.33 bits per heavy atom. The molecule has 0 aliphatic heterocycles. The van der Waals surface area contributed by atoms with E-state index in [0.29, 0.717) is 13.1 Å². The number of carbonyl (C=O) groups is 1. The Morgan fingerprint density at radius 3 is 2.50 bits per heavy atom. The number of anilines is 1. The van der Waals surface area contributed by atoms with Crippen molar-refractivity contribution in [3.8, 4) is 5.75 Å². The summed E-state index contributed by atoms with van der Waals surface area (Å²) >= 11 is 0. The molecule has 2 amide bonds. The smallest absolute Gasteiger partial charge is 0.387 e. The van der Waals surface area contributed by atoms with Gasteiger partial charge in [-0.1, -0.05) is 12.1 Å². The molecule has 0 fully saturated rings. The normalized spacial score (nSPS) is 10.3. The van der Waals surface area contributed by atoms with Gasteiger partial charge in [-0.15, -0.1) is 0 Å². The average Bonchev–Trinajstić information content (AvgIpc) is 2.32. The third kappa shape index (κ3) is 3.87. The fourth-order valence-electron chi connectivity index (χ4n) is 1.47. The van der Waals surface area contributed by atoms with E-state index in [9.17, 15) is 13.6 Å². The minimum Gasteiger partial charge on any atom is -0.433 e. The van der Waals surface area contributed by atoms with Gasteiger partial charge < -0.3 is 15.0 Å². The number of hydrogen-bond donors (Lipinski definition) is 1. The third-order valence-corrected chi connectivity index (χ3v) is 2.40. The van der Waals surface area contributed by atoms with Gasteiger partial charge in [0.2, 0.25) is 0 Å². The van der Waals surface area contributed by atoms with Crippen LogP contribution < -0.4 is 10.1 Å². The zero-order chi connectivity index (χ0) is 13.5. The van der Waals surface area contributed by atoms with Crippen LogP contribution in [0.5, 0.6) is 5.75 Å². The van der Waals surface area contributed by atoms with Gasteiger partial charge in [0.1, 0.15) is 5.75 Å². The largest absolute Gasteiger partial charge is 0.433 e. The molecule has 100 valence electrons. The summed E-state index contributed by atoms with van der Waals surface area (Å²) in [6.45, 7) is 1.84. The van der Waals surface area contributed by atoms with Crippen LogP contribution in [0.2, 0.25) is 0 Å². The van der Waals surface area contributed by atoms with Gasteiger partial charge in [-0.2, -0.15) is 8.78 Å². The molecule has 1 N–H and O–H groups in total. The van der Waals surface area contributed by atoms with E-state index in [2.05, 4.69) is 10.1 Å². The molecule has 0 bridgehead atoms. The van der Waals surface area contributed by atoms with Crippen LogP contribution in [0.3, 0.4) is 0 Å². The highest BCUT2D eigenvalue weighted by Gasteiger charge is 2.14. The Labute approximate surface area is 105 Å². The van der Waals surface area contributed by atoms with Gasteiger partial charge >= 0.3 is 12.6 Å². The Morgan fingerprint density at radius 2 is 1.94 bits per heavy atom.